The summed E-state index contributed by atoms with van der Waals surface area (Å²) in [7, 11) is 0. The molecule has 0 radical (unpaired) electrons. The molecule has 1 aromatic rings. The molecule has 2 rings (SSSR count). The van der Waals surface area contributed by atoms with Crippen LogP contribution in [0, 0.1) is 0 Å². The zero-order valence-corrected chi connectivity index (χ0v) is 7.56. The SMILES string of the molecule is CC1(C(F)(F)F)OCc2ccccc21. The number of hydrogen-bond donors (Lipinski definition) is 0. The molecule has 1 aliphatic rings. The zero-order chi connectivity index (χ0) is 10.4. The first-order chi connectivity index (χ1) is 6.45. The molecule has 0 saturated carbocycles. The third-order valence-corrected chi connectivity index (χ3v) is 2.59. The van der Waals surface area contributed by atoms with Crippen molar-refractivity contribution in [2.75, 3.05) is 0 Å². The Morgan fingerprint density at radius 2 is 1.93 bits per heavy atom. The summed E-state index contributed by atoms with van der Waals surface area (Å²) in [5.74, 6) is 0. The number of rotatable bonds is 0. The predicted molar refractivity (Wildman–Crippen MR) is 44.6 cm³/mol. The van der Waals surface area contributed by atoms with Gasteiger partial charge in [-0.25, -0.2) is 0 Å². The summed E-state index contributed by atoms with van der Waals surface area (Å²) >= 11 is 0. The number of fused-ring (bicyclic) bond motifs is 1. The molecule has 0 amide bonds. The molecule has 0 spiro atoms. The van der Waals surface area contributed by atoms with E-state index in [1.807, 2.05) is 0 Å². The molecular weight excluding hydrogens is 193 g/mol. The highest BCUT2D eigenvalue weighted by molar-refractivity contribution is 5.35. The topological polar surface area (TPSA) is 9.23 Å². The fourth-order valence-electron chi connectivity index (χ4n) is 1.65. The van der Waals surface area contributed by atoms with E-state index >= 15 is 0 Å². The average Bonchev–Trinajstić information content (AvgIpc) is 2.45. The van der Waals surface area contributed by atoms with Crippen LogP contribution >= 0.6 is 0 Å². The molecule has 1 nitrogen and oxygen atoms in total. The second kappa shape index (κ2) is 2.73. The summed E-state index contributed by atoms with van der Waals surface area (Å²) in [5.41, 5.74) is -1.29. The van der Waals surface area contributed by atoms with E-state index in [0.717, 1.165) is 6.92 Å². The normalized spacial score (nSPS) is 26.3. The lowest BCUT2D eigenvalue weighted by Gasteiger charge is -2.27. The predicted octanol–water partition coefficient (Wildman–Crippen LogP) is 2.99. The number of hydrogen-bond acceptors (Lipinski definition) is 1. The largest absolute Gasteiger partial charge is 0.421 e. The maximum absolute atomic E-state index is 12.7. The Bertz CT molecular complexity index is 359. The van der Waals surface area contributed by atoms with E-state index in [1.165, 1.54) is 6.07 Å². The van der Waals surface area contributed by atoms with Crippen molar-refractivity contribution in [1.82, 2.24) is 0 Å². The number of ether oxygens (including phenoxy) is 1. The van der Waals surface area contributed by atoms with Crippen LogP contribution in [-0.4, -0.2) is 6.18 Å². The molecule has 1 heterocycles. The second-order valence-corrected chi connectivity index (χ2v) is 3.48. The molecule has 14 heavy (non-hydrogen) atoms. The van der Waals surface area contributed by atoms with Crippen LogP contribution in [0.5, 0.6) is 0 Å². The molecule has 0 saturated heterocycles. The first-order valence-corrected chi connectivity index (χ1v) is 4.24. The Hall–Kier alpha value is -1.03. The summed E-state index contributed by atoms with van der Waals surface area (Å²) in [4.78, 5) is 0. The van der Waals surface area contributed by atoms with Gasteiger partial charge in [0, 0.05) is 0 Å². The van der Waals surface area contributed by atoms with Gasteiger partial charge in [0.15, 0.2) is 5.60 Å². The first-order valence-electron chi connectivity index (χ1n) is 4.24. The number of alkyl halides is 3. The minimum Gasteiger partial charge on any atom is -0.356 e. The standard InChI is InChI=1S/C10H9F3O/c1-9(10(11,12)13)8-5-3-2-4-7(8)6-14-9/h2-5H,6H2,1H3. The van der Waals surface area contributed by atoms with Gasteiger partial charge in [-0.1, -0.05) is 24.3 Å². The fraction of sp³-hybridized carbons (Fsp3) is 0.400. The van der Waals surface area contributed by atoms with Crippen molar-refractivity contribution < 1.29 is 17.9 Å². The molecular formula is C10H9F3O. The third kappa shape index (κ3) is 1.14. The van der Waals surface area contributed by atoms with Crippen molar-refractivity contribution in [2.24, 2.45) is 0 Å². The maximum atomic E-state index is 12.7. The summed E-state index contributed by atoms with van der Waals surface area (Å²) in [5, 5.41) is 0. The molecule has 0 bridgehead atoms. The Kier molecular flexibility index (Phi) is 1.86. The van der Waals surface area contributed by atoms with E-state index in [2.05, 4.69) is 0 Å². The van der Waals surface area contributed by atoms with Gasteiger partial charge < -0.3 is 4.74 Å². The number of benzene rings is 1. The van der Waals surface area contributed by atoms with Crippen molar-refractivity contribution in [3.8, 4) is 0 Å². The van der Waals surface area contributed by atoms with Gasteiger partial charge in [0.2, 0.25) is 0 Å². The summed E-state index contributed by atoms with van der Waals surface area (Å²) in [6.45, 7) is 1.10. The summed E-state index contributed by atoms with van der Waals surface area (Å²) in [6.07, 6.45) is -4.36. The smallest absolute Gasteiger partial charge is 0.356 e. The van der Waals surface area contributed by atoms with Gasteiger partial charge in [-0.15, -0.1) is 0 Å². The monoisotopic (exact) mass is 202 g/mol. The second-order valence-electron chi connectivity index (χ2n) is 3.48. The third-order valence-electron chi connectivity index (χ3n) is 2.59. The number of halogens is 3. The van der Waals surface area contributed by atoms with E-state index in [9.17, 15) is 13.2 Å². The van der Waals surface area contributed by atoms with Gasteiger partial charge in [0.05, 0.1) is 6.61 Å². The van der Waals surface area contributed by atoms with E-state index in [-0.39, 0.29) is 12.2 Å². The molecule has 4 heteroatoms. The van der Waals surface area contributed by atoms with Gasteiger partial charge in [-0.2, -0.15) is 13.2 Å². The molecule has 1 aliphatic heterocycles. The van der Waals surface area contributed by atoms with Crippen LogP contribution in [0.1, 0.15) is 18.1 Å². The van der Waals surface area contributed by atoms with Crippen molar-refractivity contribution in [1.29, 1.82) is 0 Å². The summed E-state index contributed by atoms with van der Waals surface area (Å²) in [6, 6.07) is 6.43. The highest BCUT2D eigenvalue weighted by Crippen LogP contribution is 2.47. The van der Waals surface area contributed by atoms with Gasteiger partial charge >= 0.3 is 6.18 Å². The Morgan fingerprint density at radius 1 is 1.29 bits per heavy atom. The highest BCUT2D eigenvalue weighted by Gasteiger charge is 2.56. The van der Waals surface area contributed by atoms with Crippen LogP contribution in [0.15, 0.2) is 24.3 Å². The molecule has 0 fully saturated rings. The maximum Gasteiger partial charge on any atom is 0.421 e. The zero-order valence-electron chi connectivity index (χ0n) is 7.56. The molecule has 1 unspecified atom stereocenters. The molecule has 1 aromatic carbocycles. The Labute approximate surface area is 79.5 Å². The van der Waals surface area contributed by atoms with Crippen molar-refractivity contribution in [3.05, 3.63) is 35.4 Å². The van der Waals surface area contributed by atoms with Gasteiger partial charge in [-0.05, 0) is 18.1 Å². The van der Waals surface area contributed by atoms with E-state index in [4.69, 9.17) is 4.74 Å². The molecule has 0 aliphatic carbocycles. The Balaban J connectivity index is 2.53. The van der Waals surface area contributed by atoms with Crippen LogP contribution < -0.4 is 0 Å². The minimum atomic E-state index is -4.36. The molecule has 76 valence electrons. The van der Waals surface area contributed by atoms with Gasteiger partial charge in [0.25, 0.3) is 0 Å². The lowest BCUT2D eigenvalue weighted by molar-refractivity contribution is -0.272. The summed E-state index contributed by atoms with van der Waals surface area (Å²) < 4.78 is 42.9. The van der Waals surface area contributed by atoms with Crippen LogP contribution in [0.2, 0.25) is 0 Å². The molecule has 1 atom stereocenters. The van der Waals surface area contributed by atoms with Gasteiger partial charge in [-0.3, -0.25) is 0 Å². The van der Waals surface area contributed by atoms with Crippen molar-refractivity contribution in [2.45, 2.75) is 25.3 Å². The lowest BCUT2D eigenvalue weighted by Crippen LogP contribution is -2.38. The lowest BCUT2D eigenvalue weighted by atomic mass is 9.94. The van der Waals surface area contributed by atoms with Crippen molar-refractivity contribution in [3.63, 3.8) is 0 Å². The minimum absolute atomic E-state index is 0.0339. The van der Waals surface area contributed by atoms with Crippen molar-refractivity contribution >= 4 is 0 Å². The van der Waals surface area contributed by atoms with Crippen LogP contribution in [0.25, 0.3) is 0 Å². The Morgan fingerprint density at radius 3 is 2.57 bits per heavy atom. The van der Waals surface area contributed by atoms with Crippen LogP contribution in [-0.2, 0) is 16.9 Å². The van der Waals surface area contributed by atoms with E-state index in [0.29, 0.717) is 5.56 Å². The van der Waals surface area contributed by atoms with Crippen LogP contribution in [0.3, 0.4) is 0 Å². The quantitative estimate of drug-likeness (QED) is 0.628. The van der Waals surface area contributed by atoms with E-state index < -0.39 is 11.8 Å². The molecule has 0 N–H and O–H groups in total. The van der Waals surface area contributed by atoms with E-state index in [1.54, 1.807) is 18.2 Å². The fourth-order valence-corrected chi connectivity index (χ4v) is 1.65. The highest BCUT2D eigenvalue weighted by atomic mass is 19.4. The first kappa shape index (κ1) is 9.52. The average molecular weight is 202 g/mol. The van der Waals surface area contributed by atoms with Crippen LogP contribution in [0.4, 0.5) is 13.2 Å². The molecule has 0 aromatic heterocycles. The van der Waals surface area contributed by atoms with Gasteiger partial charge in [0.1, 0.15) is 0 Å².